The summed E-state index contributed by atoms with van der Waals surface area (Å²) in [5.74, 6) is 2.43. The summed E-state index contributed by atoms with van der Waals surface area (Å²) in [4.78, 5) is 5.01. The number of aromatic nitrogens is 5. The number of aryl methyl sites for hydroxylation is 1. The number of fused-ring (bicyclic) bond motifs is 1. The van der Waals surface area contributed by atoms with Crippen molar-refractivity contribution in [2.45, 2.75) is 49.2 Å². The second-order valence-electron chi connectivity index (χ2n) is 7.80. The standard InChI is InChI=1S/C23H28N6O2S2/c1-5-28-20-13-12-18(33(30,31)27(3)4)15-19(20)24-22(28)16-32-23-26-25-21(29(23)6-2)14-17-10-8-7-9-11-17/h7-13,15H,5-6,14,16H2,1-4H3. The lowest BCUT2D eigenvalue weighted by molar-refractivity contribution is 0.521. The van der Waals surface area contributed by atoms with E-state index in [-0.39, 0.29) is 4.90 Å². The van der Waals surface area contributed by atoms with Gasteiger partial charge in [-0.3, -0.25) is 0 Å². The molecule has 33 heavy (non-hydrogen) atoms. The zero-order chi connectivity index (χ0) is 23.6. The van der Waals surface area contributed by atoms with Gasteiger partial charge in [-0.05, 0) is 37.6 Å². The molecule has 8 nitrogen and oxygen atoms in total. The van der Waals surface area contributed by atoms with E-state index in [0.717, 1.165) is 41.8 Å². The minimum absolute atomic E-state index is 0.247. The quantitative estimate of drug-likeness (QED) is 0.336. The van der Waals surface area contributed by atoms with Crippen LogP contribution in [0.5, 0.6) is 0 Å². The monoisotopic (exact) mass is 484 g/mol. The lowest BCUT2D eigenvalue weighted by Crippen LogP contribution is -2.22. The highest BCUT2D eigenvalue weighted by molar-refractivity contribution is 7.98. The van der Waals surface area contributed by atoms with Gasteiger partial charge in [0.15, 0.2) is 5.16 Å². The molecule has 0 aliphatic rings. The Kier molecular flexibility index (Phi) is 6.87. The molecule has 10 heteroatoms. The van der Waals surface area contributed by atoms with Gasteiger partial charge in [0.05, 0.1) is 21.7 Å². The van der Waals surface area contributed by atoms with Crippen LogP contribution < -0.4 is 0 Å². The van der Waals surface area contributed by atoms with E-state index in [2.05, 4.69) is 45.3 Å². The van der Waals surface area contributed by atoms with Crippen molar-refractivity contribution >= 4 is 32.8 Å². The van der Waals surface area contributed by atoms with Gasteiger partial charge in [0.2, 0.25) is 10.0 Å². The van der Waals surface area contributed by atoms with Crippen molar-refractivity contribution in [2.24, 2.45) is 0 Å². The number of hydrogen-bond acceptors (Lipinski definition) is 6. The minimum atomic E-state index is -3.51. The molecule has 0 atom stereocenters. The SMILES string of the molecule is CCn1c(Cc2ccccc2)nnc1SCc1nc2cc(S(=O)(=O)N(C)C)ccc2n1CC. The Bertz CT molecular complexity index is 1360. The van der Waals surface area contributed by atoms with Gasteiger partial charge in [-0.1, -0.05) is 42.1 Å². The zero-order valence-corrected chi connectivity index (χ0v) is 20.9. The van der Waals surface area contributed by atoms with E-state index in [9.17, 15) is 8.42 Å². The maximum absolute atomic E-state index is 12.5. The van der Waals surface area contributed by atoms with Crippen molar-refractivity contribution in [3.63, 3.8) is 0 Å². The van der Waals surface area contributed by atoms with Gasteiger partial charge in [-0.25, -0.2) is 17.7 Å². The molecule has 0 bridgehead atoms. The van der Waals surface area contributed by atoms with Crippen molar-refractivity contribution < 1.29 is 8.42 Å². The van der Waals surface area contributed by atoms with Crippen LogP contribution >= 0.6 is 11.8 Å². The van der Waals surface area contributed by atoms with Crippen molar-refractivity contribution in [1.82, 2.24) is 28.6 Å². The van der Waals surface area contributed by atoms with Crippen LogP contribution in [0.2, 0.25) is 0 Å². The second kappa shape index (κ2) is 9.66. The number of nitrogens with zero attached hydrogens (tertiary/aromatic N) is 6. The Morgan fingerprint density at radius 3 is 2.33 bits per heavy atom. The molecule has 0 spiro atoms. The second-order valence-corrected chi connectivity index (χ2v) is 10.9. The molecule has 0 radical (unpaired) electrons. The van der Waals surface area contributed by atoms with Crippen LogP contribution in [0.3, 0.4) is 0 Å². The van der Waals surface area contributed by atoms with Crippen LogP contribution in [0.25, 0.3) is 11.0 Å². The van der Waals surface area contributed by atoms with Crippen LogP contribution in [0, 0.1) is 0 Å². The Labute approximate surface area is 198 Å². The molecule has 2 heterocycles. The van der Waals surface area contributed by atoms with Crippen LogP contribution in [0.15, 0.2) is 58.6 Å². The van der Waals surface area contributed by atoms with E-state index in [4.69, 9.17) is 4.98 Å². The lowest BCUT2D eigenvalue weighted by atomic mass is 10.1. The molecule has 174 valence electrons. The molecule has 4 rings (SSSR count). The van der Waals surface area contributed by atoms with Gasteiger partial charge in [-0.15, -0.1) is 10.2 Å². The molecule has 0 amide bonds. The predicted octanol–water partition coefficient (Wildman–Crippen LogP) is 3.80. The van der Waals surface area contributed by atoms with Gasteiger partial charge < -0.3 is 9.13 Å². The van der Waals surface area contributed by atoms with Crippen molar-refractivity contribution in [3.05, 3.63) is 65.7 Å². The summed E-state index contributed by atoms with van der Waals surface area (Å²) in [5, 5.41) is 9.71. The molecular formula is C23H28N6O2S2. The van der Waals surface area contributed by atoms with Gasteiger partial charge in [0.25, 0.3) is 0 Å². The van der Waals surface area contributed by atoms with Crippen LogP contribution in [0.4, 0.5) is 0 Å². The number of imidazole rings is 1. The molecule has 0 aliphatic heterocycles. The van der Waals surface area contributed by atoms with Crippen molar-refractivity contribution in [2.75, 3.05) is 14.1 Å². The van der Waals surface area contributed by atoms with E-state index < -0.39 is 10.0 Å². The number of benzene rings is 2. The highest BCUT2D eigenvalue weighted by atomic mass is 32.2. The summed E-state index contributed by atoms with van der Waals surface area (Å²) in [6, 6.07) is 15.4. The third-order valence-corrected chi connectivity index (χ3v) is 8.31. The van der Waals surface area contributed by atoms with Crippen LogP contribution in [0.1, 0.15) is 31.1 Å². The molecule has 4 aromatic rings. The fourth-order valence-electron chi connectivity index (χ4n) is 3.78. The van der Waals surface area contributed by atoms with Gasteiger partial charge in [0, 0.05) is 33.6 Å². The number of hydrogen-bond donors (Lipinski definition) is 0. The fourth-order valence-corrected chi connectivity index (χ4v) is 5.67. The van der Waals surface area contributed by atoms with Crippen LogP contribution in [-0.2, 0) is 35.3 Å². The highest BCUT2D eigenvalue weighted by Crippen LogP contribution is 2.27. The average Bonchev–Trinajstić information content (AvgIpc) is 3.37. The maximum Gasteiger partial charge on any atom is 0.242 e. The first-order valence-electron chi connectivity index (χ1n) is 10.9. The Hall–Kier alpha value is -2.69. The van der Waals surface area contributed by atoms with Gasteiger partial charge >= 0.3 is 0 Å². The fraction of sp³-hybridized carbons (Fsp3) is 0.348. The molecule has 0 aliphatic carbocycles. The largest absolute Gasteiger partial charge is 0.328 e. The molecule has 2 aromatic carbocycles. The van der Waals surface area contributed by atoms with Crippen molar-refractivity contribution in [1.29, 1.82) is 0 Å². The van der Waals surface area contributed by atoms with Crippen LogP contribution in [-0.4, -0.2) is 51.1 Å². The molecule has 0 saturated heterocycles. The summed E-state index contributed by atoms with van der Waals surface area (Å²) >= 11 is 1.60. The van der Waals surface area contributed by atoms with E-state index in [0.29, 0.717) is 11.3 Å². The van der Waals surface area contributed by atoms with Gasteiger partial charge in [-0.2, -0.15) is 0 Å². The number of thioether (sulfide) groups is 1. The summed E-state index contributed by atoms with van der Waals surface area (Å²) in [6.07, 6.45) is 0.735. The molecule has 0 saturated carbocycles. The first-order valence-corrected chi connectivity index (χ1v) is 13.3. The average molecular weight is 485 g/mol. The highest BCUT2D eigenvalue weighted by Gasteiger charge is 2.20. The Morgan fingerprint density at radius 1 is 0.939 bits per heavy atom. The summed E-state index contributed by atoms with van der Waals surface area (Å²) in [6.45, 7) is 5.68. The smallest absolute Gasteiger partial charge is 0.242 e. The van der Waals surface area contributed by atoms with E-state index >= 15 is 0 Å². The summed E-state index contributed by atoms with van der Waals surface area (Å²) < 4.78 is 30.5. The molecule has 2 aromatic heterocycles. The Balaban J connectivity index is 1.59. The third-order valence-electron chi connectivity index (χ3n) is 5.54. The molecular weight excluding hydrogens is 456 g/mol. The topological polar surface area (TPSA) is 85.9 Å². The predicted molar refractivity (Wildman–Crippen MR) is 131 cm³/mol. The molecule has 0 unspecified atom stereocenters. The molecule has 0 fully saturated rings. The van der Waals surface area contributed by atoms with Gasteiger partial charge in [0.1, 0.15) is 11.6 Å². The number of sulfonamides is 1. The summed E-state index contributed by atoms with van der Waals surface area (Å²) in [5.41, 5.74) is 2.80. The normalized spacial score (nSPS) is 12.2. The first kappa shape index (κ1) is 23.5. The maximum atomic E-state index is 12.5. The molecule has 0 N–H and O–H groups in total. The zero-order valence-electron chi connectivity index (χ0n) is 19.3. The first-order chi connectivity index (χ1) is 15.8. The minimum Gasteiger partial charge on any atom is -0.328 e. The van der Waals surface area contributed by atoms with E-state index in [1.807, 2.05) is 24.3 Å². The van der Waals surface area contributed by atoms with E-state index in [1.165, 1.54) is 24.0 Å². The summed E-state index contributed by atoms with van der Waals surface area (Å²) in [7, 11) is -0.449. The Morgan fingerprint density at radius 2 is 1.67 bits per heavy atom. The number of rotatable bonds is 9. The third kappa shape index (κ3) is 4.68. The van der Waals surface area contributed by atoms with Crippen molar-refractivity contribution in [3.8, 4) is 0 Å². The van der Waals surface area contributed by atoms with E-state index in [1.54, 1.807) is 23.9 Å². The lowest BCUT2D eigenvalue weighted by Gasteiger charge is -2.11.